The van der Waals surface area contributed by atoms with Crippen LogP contribution in [0.25, 0.3) is 10.8 Å². The van der Waals surface area contributed by atoms with E-state index < -0.39 is 0 Å². The number of alkyl halides is 1. The van der Waals surface area contributed by atoms with Crippen LogP contribution in [0.3, 0.4) is 0 Å². The molecule has 0 amide bonds. The maximum absolute atomic E-state index is 10.0. The Morgan fingerprint density at radius 1 is 1.47 bits per heavy atom. The molecule has 0 aliphatic carbocycles. The normalized spacial score (nSPS) is 18.6. The number of halogens is 1. The van der Waals surface area contributed by atoms with Gasteiger partial charge in [0.2, 0.25) is 0 Å². The molecule has 0 fully saturated rings. The monoisotopic (exact) mass is 266 g/mol. The molecule has 4 heteroatoms. The van der Waals surface area contributed by atoms with Crippen LogP contribution >= 0.6 is 24.2 Å². The molecule has 0 aromatic heterocycles. The van der Waals surface area contributed by atoms with Crippen LogP contribution in [0.4, 0.5) is 5.69 Å². The van der Waals surface area contributed by atoms with E-state index in [1.54, 1.807) is 0 Å². The van der Waals surface area contributed by atoms with Gasteiger partial charge in [-0.05, 0) is 6.07 Å². The number of aromatic hydroxyl groups is 1. The van der Waals surface area contributed by atoms with Crippen LogP contribution in [0, 0.1) is 0 Å². The summed E-state index contributed by atoms with van der Waals surface area (Å²) >= 11 is 10.5. The van der Waals surface area contributed by atoms with Crippen LogP contribution in [0.5, 0.6) is 5.75 Å². The molecule has 1 atom stereocenters. The van der Waals surface area contributed by atoms with Crippen molar-refractivity contribution < 1.29 is 10.4 Å². The van der Waals surface area contributed by atoms with E-state index in [2.05, 4.69) is 17.9 Å². The average Bonchev–Trinajstić information content (AvgIpc) is 2.72. The van der Waals surface area contributed by atoms with Crippen molar-refractivity contribution in [2.75, 3.05) is 12.4 Å². The van der Waals surface area contributed by atoms with E-state index in [1.807, 2.05) is 24.3 Å². The van der Waals surface area contributed by atoms with Gasteiger partial charge in [0.25, 0.3) is 0 Å². The molecule has 3 rings (SSSR count). The fourth-order valence-corrected chi connectivity index (χ4v) is 3.23. The van der Waals surface area contributed by atoms with Crippen molar-refractivity contribution in [2.24, 2.45) is 0 Å². The van der Waals surface area contributed by atoms with Crippen molar-refractivity contribution in [3.63, 3.8) is 0 Å². The number of quaternary nitrogens is 1. The Morgan fingerprint density at radius 2 is 2.29 bits per heavy atom. The topological polar surface area (TPSA) is 36.8 Å². The van der Waals surface area contributed by atoms with Gasteiger partial charge in [-0.3, -0.25) is 0 Å². The van der Waals surface area contributed by atoms with Gasteiger partial charge in [-0.1, -0.05) is 12.1 Å². The predicted molar refractivity (Wildman–Crippen MR) is 72.8 cm³/mol. The lowest BCUT2D eigenvalue weighted by Gasteiger charge is -2.10. The number of hydrogen-bond donors (Lipinski definition) is 3. The minimum absolute atomic E-state index is 0.320. The summed E-state index contributed by atoms with van der Waals surface area (Å²) in [6.45, 7) is 0.944. The molecule has 2 aromatic rings. The predicted octanol–water partition coefficient (Wildman–Crippen LogP) is 2.37. The molecule has 3 N–H and O–H groups in total. The van der Waals surface area contributed by atoms with Gasteiger partial charge in [-0.25, -0.2) is 0 Å². The maximum Gasteiger partial charge on any atom is 0.137 e. The van der Waals surface area contributed by atoms with Crippen molar-refractivity contribution in [3.05, 3.63) is 29.8 Å². The Balaban J connectivity index is 2.43. The number of rotatable bonds is 1. The van der Waals surface area contributed by atoms with Gasteiger partial charge < -0.3 is 10.4 Å². The Labute approximate surface area is 110 Å². The number of benzene rings is 2. The lowest BCUT2D eigenvalue weighted by atomic mass is 9.95. The largest absolute Gasteiger partial charge is 0.507 e. The molecule has 17 heavy (non-hydrogen) atoms. The fraction of sp³-hybridized carbons (Fsp3) is 0.231. The van der Waals surface area contributed by atoms with Gasteiger partial charge in [0.15, 0.2) is 0 Å². The molecule has 2 aromatic carbocycles. The van der Waals surface area contributed by atoms with Gasteiger partial charge in [-0.15, -0.1) is 24.2 Å². The molecule has 0 radical (unpaired) electrons. The van der Waals surface area contributed by atoms with Crippen LogP contribution in [-0.4, -0.2) is 17.5 Å². The molecule has 1 aliphatic heterocycles. The highest BCUT2D eigenvalue weighted by Crippen LogP contribution is 2.41. The Morgan fingerprint density at radius 3 is 3.06 bits per heavy atom. The van der Waals surface area contributed by atoms with Crippen molar-refractivity contribution in [1.29, 1.82) is 0 Å². The maximum atomic E-state index is 10.0. The standard InChI is InChI=1S/C13H12ClNOS/c14-5-7-6-15-9-4-10(16)8-2-1-3-11(17)13(8)12(7)9/h1-4,7,15-17H,5-6H2/p+1/t7-/m1/s1. The summed E-state index contributed by atoms with van der Waals surface area (Å²) in [7, 11) is 0. The van der Waals surface area contributed by atoms with Gasteiger partial charge >= 0.3 is 0 Å². The summed E-state index contributed by atoms with van der Waals surface area (Å²) in [5, 5.41) is 14.1. The minimum Gasteiger partial charge on any atom is -0.507 e. The van der Waals surface area contributed by atoms with E-state index in [4.69, 9.17) is 11.6 Å². The number of hydrogen-bond acceptors (Lipinski definition) is 2. The smallest absolute Gasteiger partial charge is 0.137 e. The Kier molecular flexibility index (Phi) is 2.69. The summed E-state index contributed by atoms with van der Waals surface area (Å²) < 4.78 is 0. The zero-order valence-corrected chi connectivity index (χ0v) is 10.8. The molecule has 2 nitrogen and oxygen atoms in total. The molecule has 0 unspecified atom stereocenters. The highest BCUT2D eigenvalue weighted by atomic mass is 35.5. The molecular weight excluding hydrogens is 254 g/mol. The quantitative estimate of drug-likeness (QED) is 0.414. The lowest BCUT2D eigenvalue weighted by Crippen LogP contribution is -2.76. The van der Waals surface area contributed by atoms with Crippen LogP contribution in [-0.2, 0) is 0 Å². The van der Waals surface area contributed by atoms with E-state index in [1.165, 1.54) is 5.56 Å². The Bertz CT molecular complexity index is 599. The second kappa shape index (κ2) is 4.09. The molecule has 0 saturated carbocycles. The third kappa shape index (κ3) is 1.61. The van der Waals surface area contributed by atoms with Crippen LogP contribution in [0.15, 0.2) is 29.2 Å². The lowest BCUT2D eigenvalue weighted by molar-refractivity contribution is -0.563. The Hall–Kier alpha value is -0.900. The average molecular weight is 267 g/mol. The van der Waals surface area contributed by atoms with Gasteiger partial charge in [0.1, 0.15) is 11.4 Å². The minimum atomic E-state index is 0.320. The summed E-state index contributed by atoms with van der Waals surface area (Å²) in [4.78, 5) is 0.903. The third-order valence-electron chi connectivity index (χ3n) is 3.41. The highest BCUT2D eigenvalue weighted by molar-refractivity contribution is 7.80. The summed E-state index contributed by atoms with van der Waals surface area (Å²) in [6.07, 6.45) is 0. The first kappa shape index (κ1) is 11.2. The van der Waals surface area contributed by atoms with Crippen molar-refractivity contribution in [3.8, 4) is 5.75 Å². The highest BCUT2D eigenvalue weighted by Gasteiger charge is 2.30. The van der Waals surface area contributed by atoms with Crippen molar-refractivity contribution in [2.45, 2.75) is 10.8 Å². The third-order valence-corrected chi connectivity index (χ3v) is 4.15. The fourth-order valence-electron chi connectivity index (χ4n) is 2.62. The molecule has 0 spiro atoms. The molecule has 1 aliphatic rings. The number of fused-ring (bicyclic) bond motifs is 3. The molecular formula is C13H13ClNOS+. The van der Waals surface area contributed by atoms with Gasteiger partial charge in [-0.2, -0.15) is 0 Å². The number of phenols is 1. The SMILES string of the molecule is Oc1cc2c(c3c(S)cccc13)[C@H](CCl)C[NH2+]2. The molecule has 1 heterocycles. The number of thiol groups is 1. The van der Waals surface area contributed by atoms with Crippen LogP contribution < -0.4 is 5.32 Å². The first-order valence-electron chi connectivity index (χ1n) is 5.59. The summed E-state index contributed by atoms with van der Waals surface area (Å²) in [6, 6.07) is 7.62. The van der Waals surface area contributed by atoms with Crippen molar-refractivity contribution >= 4 is 40.7 Å². The second-order valence-corrected chi connectivity index (χ2v) is 5.18. The van der Waals surface area contributed by atoms with Crippen LogP contribution in [0.1, 0.15) is 11.5 Å². The van der Waals surface area contributed by atoms with E-state index in [0.29, 0.717) is 17.5 Å². The molecule has 0 saturated heterocycles. The number of nitrogens with two attached hydrogens (primary N) is 1. The molecule has 88 valence electrons. The first-order chi connectivity index (χ1) is 8.22. The van der Waals surface area contributed by atoms with Crippen molar-refractivity contribution in [1.82, 2.24) is 0 Å². The zero-order valence-electron chi connectivity index (χ0n) is 9.15. The van der Waals surface area contributed by atoms with E-state index in [-0.39, 0.29) is 0 Å². The second-order valence-electron chi connectivity index (χ2n) is 4.39. The van der Waals surface area contributed by atoms with E-state index >= 15 is 0 Å². The van der Waals surface area contributed by atoms with Crippen LogP contribution in [0.2, 0.25) is 0 Å². The van der Waals surface area contributed by atoms with Gasteiger partial charge in [0, 0.05) is 33.2 Å². The van der Waals surface area contributed by atoms with E-state index in [0.717, 1.165) is 27.9 Å². The summed E-state index contributed by atoms with van der Waals surface area (Å²) in [5.74, 6) is 1.26. The summed E-state index contributed by atoms with van der Waals surface area (Å²) in [5.41, 5.74) is 2.33. The van der Waals surface area contributed by atoms with Gasteiger partial charge in [0.05, 0.1) is 12.5 Å². The first-order valence-corrected chi connectivity index (χ1v) is 6.57. The molecule has 0 bridgehead atoms. The number of phenolic OH excluding ortho intramolecular Hbond substituents is 1. The van der Waals surface area contributed by atoms with E-state index in [9.17, 15) is 5.11 Å². The zero-order chi connectivity index (χ0) is 12.0.